The molecular weight excluding hydrogens is 417 g/mol. The van der Waals surface area contributed by atoms with Crippen LogP contribution in [-0.2, 0) is 6.54 Å². The molecule has 144 valence electrons. The molecule has 0 fully saturated rings. The van der Waals surface area contributed by atoms with E-state index in [1.54, 1.807) is 10.9 Å². The standard InChI is InChI=1S/C18H17Cl2N7S/c1-11-15(20)10-27(24-11)12(2)17-22-23-18(28-17)21-16-7-8-26(25-16)9-13-5-3-4-6-14(13)19/h3-8,10,12H,9H2,1-2H3,(H,21,23,25). The molecule has 1 N–H and O–H groups in total. The predicted molar refractivity (Wildman–Crippen MR) is 112 cm³/mol. The summed E-state index contributed by atoms with van der Waals surface area (Å²) in [5.74, 6) is 0.695. The summed E-state index contributed by atoms with van der Waals surface area (Å²) in [6.07, 6.45) is 3.69. The first-order valence-corrected chi connectivity index (χ1v) is 10.2. The molecule has 0 aliphatic rings. The lowest BCUT2D eigenvalue weighted by molar-refractivity contribution is 0.554. The number of anilines is 2. The van der Waals surface area contributed by atoms with Gasteiger partial charge in [-0.3, -0.25) is 9.36 Å². The molecule has 4 rings (SSSR count). The molecule has 3 aromatic heterocycles. The molecule has 28 heavy (non-hydrogen) atoms. The lowest BCUT2D eigenvalue weighted by atomic mass is 10.2. The van der Waals surface area contributed by atoms with Gasteiger partial charge >= 0.3 is 0 Å². The van der Waals surface area contributed by atoms with Crippen molar-refractivity contribution < 1.29 is 0 Å². The third kappa shape index (κ3) is 4.04. The summed E-state index contributed by atoms with van der Waals surface area (Å²) in [5.41, 5.74) is 1.81. The summed E-state index contributed by atoms with van der Waals surface area (Å²) in [7, 11) is 0. The van der Waals surface area contributed by atoms with Gasteiger partial charge in [0.25, 0.3) is 0 Å². The predicted octanol–water partition coefficient (Wildman–Crippen LogP) is 4.95. The molecule has 0 saturated heterocycles. The number of rotatable bonds is 6. The number of aromatic nitrogens is 6. The number of nitrogens with one attached hydrogen (secondary N) is 1. The normalized spacial score (nSPS) is 12.3. The molecule has 1 aromatic carbocycles. The Balaban J connectivity index is 1.44. The van der Waals surface area contributed by atoms with Gasteiger partial charge in [-0.25, -0.2) is 0 Å². The minimum atomic E-state index is -0.0583. The second kappa shape index (κ2) is 7.90. The number of halogens is 2. The highest BCUT2D eigenvalue weighted by atomic mass is 35.5. The van der Waals surface area contributed by atoms with E-state index in [9.17, 15) is 0 Å². The molecule has 0 amide bonds. The molecule has 7 nitrogen and oxygen atoms in total. The Kier molecular flexibility index (Phi) is 5.34. The molecule has 1 atom stereocenters. The van der Waals surface area contributed by atoms with Gasteiger partial charge in [-0.15, -0.1) is 10.2 Å². The first kappa shape index (κ1) is 18.9. The van der Waals surface area contributed by atoms with Crippen LogP contribution in [0.25, 0.3) is 0 Å². The average molecular weight is 434 g/mol. The number of hydrogen-bond donors (Lipinski definition) is 1. The Labute approximate surface area is 175 Å². The quantitative estimate of drug-likeness (QED) is 0.465. The zero-order chi connectivity index (χ0) is 19.7. The van der Waals surface area contributed by atoms with Crippen molar-refractivity contribution >= 4 is 45.5 Å². The van der Waals surface area contributed by atoms with Crippen molar-refractivity contribution in [1.29, 1.82) is 0 Å². The summed E-state index contributed by atoms with van der Waals surface area (Å²) >= 11 is 13.8. The molecule has 3 heterocycles. The molecule has 0 saturated carbocycles. The largest absolute Gasteiger partial charge is 0.313 e. The highest BCUT2D eigenvalue weighted by Gasteiger charge is 2.16. The van der Waals surface area contributed by atoms with Crippen molar-refractivity contribution in [3.63, 3.8) is 0 Å². The van der Waals surface area contributed by atoms with E-state index in [4.69, 9.17) is 23.2 Å². The number of benzene rings is 1. The molecule has 0 aliphatic carbocycles. The summed E-state index contributed by atoms with van der Waals surface area (Å²) in [4.78, 5) is 0. The van der Waals surface area contributed by atoms with Gasteiger partial charge in [-0.1, -0.05) is 52.7 Å². The summed E-state index contributed by atoms with van der Waals surface area (Å²) in [5, 5.41) is 23.5. The van der Waals surface area contributed by atoms with Crippen LogP contribution in [0.1, 0.15) is 29.2 Å². The lowest BCUT2D eigenvalue weighted by Gasteiger charge is -2.07. The van der Waals surface area contributed by atoms with Gasteiger partial charge in [-0.05, 0) is 25.5 Å². The van der Waals surface area contributed by atoms with Crippen LogP contribution in [0.4, 0.5) is 10.9 Å². The van der Waals surface area contributed by atoms with Gasteiger partial charge in [0.2, 0.25) is 5.13 Å². The number of hydrogen-bond acceptors (Lipinski definition) is 6. The minimum absolute atomic E-state index is 0.0583. The van der Waals surface area contributed by atoms with Crippen molar-refractivity contribution in [2.45, 2.75) is 26.4 Å². The van der Waals surface area contributed by atoms with Crippen LogP contribution in [0.3, 0.4) is 0 Å². The molecule has 0 aliphatic heterocycles. The molecule has 4 aromatic rings. The van der Waals surface area contributed by atoms with E-state index in [1.807, 2.05) is 55.1 Å². The molecular formula is C18H17Cl2N7S. The van der Waals surface area contributed by atoms with Gasteiger partial charge < -0.3 is 5.32 Å². The molecule has 0 spiro atoms. The topological polar surface area (TPSA) is 73.5 Å². The van der Waals surface area contributed by atoms with Crippen LogP contribution in [-0.4, -0.2) is 29.8 Å². The van der Waals surface area contributed by atoms with Crippen LogP contribution in [0.2, 0.25) is 10.0 Å². The summed E-state index contributed by atoms with van der Waals surface area (Å²) < 4.78 is 3.61. The van der Waals surface area contributed by atoms with Gasteiger partial charge in [-0.2, -0.15) is 10.2 Å². The van der Waals surface area contributed by atoms with E-state index in [2.05, 4.69) is 25.7 Å². The zero-order valence-electron chi connectivity index (χ0n) is 15.2. The van der Waals surface area contributed by atoms with Crippen LogP contribution in [0.5, 0.6) is 0 Å². The van der Waals surface area contributed by atoms with Crippen LogP contribution >= 0.6 is 34.5 Å². The van der Waals surface area contributed by atoms with E-state index in [-0.39, 0.29) is 6.04 Å². The summed E-state index contributed by atoms with van der Waals surface area (Å²) in [6.45, 7) is 4.47. The van der Waals surface area contributed by atoms with Crippen LogP contribution < -0.4 is 5.32 Å². The molecule has 10 heteroatoms. The first-order valence-electron chi connectivity index (χ1n) is 8.58. The Hall–Kier alpha value is -2.42. The lowest BCUT2D eigenvalue weighted by Crippen LogP contribution is -2.07. The second-order valence-electron chi connectivity index (χ2n) is 6.28. The van der Waals surface area contributed by atoms with E-state index in [0.29, 0.717) is 22.5 Å². The van der Waals surface area contributed by atoms with Crippen molar-refractivity contribution in [3.05, 3.63) is 69.0 Å². The van der Waals surface area contributed by atoms with E-state index < -0.39 is 0 Å². The van der Waals surface area contributed by atoms with Gasteiger partial charge in [0.05, 0.1) is 17.3 Å². The zero-order valence-corrected chi connectivity index (χ0v) is 17.5. The number of nitrogens with zero attached hydrogens (tertiary/aromatic N) is 6. The maximum Gasteiger partial charge on any atom is 0.211 e. The molecule has 0 radical (unpaired) electrons. The fourth-order valence-electron chi connectivity index (χ4n) is 2.65. The van der Waals surface area contributed by atoms with Crippen molar-refractivity contribution in [1.82, 2.24) is 29.8 Å². The maximum absolute atomic E-state index is 6.22. The monoisotopic (exact) mass is 433 g/mol. The second-order valence-corrected chi connectivity index (χ2v) is 8.10. The Morgan fingerprint density at radius 2 is 1.93 bits per heavy atom. The Bertz CT molecular complexity index is 1080. The van der Waals surface area contributed by atoms with Crippen LogP contribution in [0, 0.1) is 6.92 Å². The Morgan fingerprint density at radius 3 is 2.68 bits per heavy atom. The van der Waals surface area contributed by atoms with Crippen molar-refractivity contribution in [2.75, 3.05) is 5.32 Å². The van der Waals surface area contributed by atoms with Crippen LogP contribution in [0.15, 0.2) is 42.7 Å². The van der Waals surface area contributed by atoms with Crippen molar-refractivity contribution in [3.8, 4) is 0 Å². The fraction of sp³-hybridized carbons (Fsp3) is 0.222. The first-order chi connectivity index (χ1) is 13.5. The van der Waals surface area contributed by atoms with Gasteiger partial charge in [0.1, 0.15) is 11.0 Å². The fourth-order valence-corrected chi connectivity index (χ4v) is 3.78. The smallest absolute Gasteiger partial charge is 0.211 e. The van der Waals surface area contributed by atoms with Crippen molar-refractivity contribution in [2.24, 2.45) is 0 Å². The van der Waals surface area contributed by atoms with E-state index in [0.717, 1.165) is 21.3 Å². The summed E-state index contributed by atoms with van der Waals surface area (Å²) in [6, 6.07) is 9.56. The molecule has 0 bridgehead atoms. The van der Waals surface area contributed by atoms with Gasteiger partial charge in [0, 0.05) is 23.5 Å². The maximum atomic E-state index is 6.22. The Morgan fingerprint density at radius 1 is 1.11 bits per heavy atom. The average Bonchev–Trinajstić information content (AvgIpc) is 3.39. The third-order valence-electron chi connectivity index (χ3n) is 4.22. The van der Waals surface area contributed by atoms with E-state index in [1.165, 1.54) is 11.3 Å². The SMILES string of the molecule is Cc1nn(C(C)c2nnc(Nc3ccn(Cc4ccccc4Cl)n3)s2)cc1Cl. The molecule has 1 unspecified atom stereocenters. The minimum Gasteiger partial charge on any atom is -0.313 e. The number of aryl methyl sites for hydroxylation is 1. The van der Waals surface area contributed by atoms with Gasteiger partial charge in [0.15, 0.2) is 5.82 Å². The highest BCUT2D eigenvalue weighted by molar-refractivity contribution is 7.15. The van der Waals surface area contributed by atoms with E-state index >= 15 is 0 Å². The third-order valence-corrected chi connectivity index (χ3v) is 5.97. The highest BCUT2D eigenvalue weighted by Crippen LogP contribution is 2.27.